The van der Waals surface area contributed by atoms with Gasteiger partial charge in [0.15, 0.2) is 56.2 Å². The van der Waals surface area contributed by atoms with Crippen LogP contribution < -0.4 is 0 Å². The average Bonchev–Trinajstić information content (AvgIpc) is 0.758. The van der Waals surface area contributed by atoms with Crippen LogP contribution in [0.5, 0.6) is 0 Å². The zero-order valence-corrected chi connectivity index (χ0v) is 81.5. The standard InChI is InChI=1S/C96H154O43/c1-17-91(12,121)27-19-21-41(4)79(119)133-73-43(6)126-85(71(116)66(73)111)139-92(13,18-2)28-20-22-40(3)78(118)131-55-34-96(88(120)138-87-77(65(110)59(104)49(36-98)129-87)137-84-72(117)75(135-83-70(115)62(107)58(103)48(35-97)127-83)74(44(7)125-84)134-82-68(113)60(105)50(37-99)128-82)32-31-94(15)45(46(96)33-89(55,8)9)23-24-53-93(14)29-26-54(90(10,11)52(93)25-30-95(53,94)16)132-81-69(114)63(108)61(106)51(130-81)39-123-86-76(64(109)56(101)42(5)124-86)136-80-67(112)57(102)47(100)38-122-80/h17-18,21,23,40,42-44,46-77,80-87,97-117,121H,1-2,19-20,22,24-39H2,3-16H3/b41-21+/t40?,42-,43-,44+,46+,47-,48-,49-,50+,51-,52+,53-,54+,55+,56+,57+,58-,59-,60+,61-,62+,63+,64+,65+,66-,67-,68-,69-,70-,71-,72-,73-,74+,75+,76-,77-,80+,81+,82+,83+,84+,85+,86-,87+,91-,92-,93+,94-,95-,96-/m1/s1. The Morgan fingerprint density at radius 1 is 0.496 bits per heavy atom. The average molecular weight is 2000 g/mol. The molecular formula is C96H154O43. The summed E-state index contributed by atoms with van der Waals surface area (Å²) in [7, 11) is 0. The van der Waals surface area contributed by atoms with Crippen molar-refractivity contribution in [2.75, 3.05) is 33.0 Å². The first-order valence-corrected chi connectivity index (χ1v) is 48.9. The summed E-state index contributed by atoms with van der Waals surface area (Å²) < 4.78 is 111. The van der Waals surface area contributed by atoms with E-state index in [1.54, 1.807) is 33.8 Å². The lowest BCUT2D eigenvalue weighted by Gasteiger charge is -2.71. The number of aliphatic hydroxyl groups excluding tert-OH is 21. The van der Waals surface area contributed by atoms with Gasteiger partial charge in [0.1, 0.15) is 159 Å². The zero-order chi connectivity index (χ0) is 102. The first-order chi connectivity index (χ1) is 65.1. The van der Waals surface area contributed by atoms with Gasteiger partial charge in [-0.25, -0.2) is 4.79 Å². The Morgan fingerprint density at radius 3 is 1.63 bits per heavy atom. The van der Waals surface area contributed by atoms with Gasteiger partial charge in [-0.15, -0.1) is 13.2 Å². The van der Waals surface area contributed by atoms with E-state index in [1.165, 1.54) is 32.9 Å². The number of hydrogen-bond acceptors (Lipinski definition) is 43. The topological polar surface area (TPSA) is 662 Å². The molecule has 8 heterocycles. The maximum absolute atomic E-state index is 16.8. The van der Waals surface area contributed by atoms with Crippen LogP contribution in [0.15, 0.2) is 48.6 Å². The molecule has 50 atom stereocenters. The maximum Gasteiger partial charge on any atom is 0.333 e. The van der Waals surface area contributed by atoms with Crippen molar-refractivity contribution in [1.82, 2.24) is 0 Å². The van der Waals surface area contributed by atoms with E-state index in [-0.39, 0.29) is 62.4 Å². The highest BCUT2D eigenvalue weighted by molar-refractivity contribution is 5.88. The number of carbonyl (C=O) groups excluding carboxylic acids is 3. The van der Waals surface area contributed by atoms with Crippen molar-refractivity contribution in [3.63, 3.8) is 0 Å². The molecule has 0 aromatic heterocycles. The molecular weight excluding hydrogens is 1840 g/mol. The fraction of sp³-hybridized carbons (Fsp3) is 0.885. The first-order valence-electron chi connectivity index (χ1n) is 48.9. The Balaban J connectivity index is 0.756. The minimum Gasteiger partial charge on any atom is -0.462 e. The number of allylic oxidation sites excluding steroid dienone is 3. The SMILES string of the molecule is C=C[C@@](C)(O)CC/C=C(\C)C(=O)O[C@H]1[C@H](O)[C@@H](O)[C@H](O[C@](C)(C=C)CCCC(C)C(=O)O[C@H]2C[C@]3(C(=O)O[C@@H]4O[C@H](CO)[C@@H](O)[C@H](O)[C@H]4O[C@@H]4O[C@@H](C)[C@H](O[C@@H]5O[C@@H](CO)[C@H](O)[C@H]5O)[C@@H](O[C@@H]5O[C@H](CO)[C@@H](O)[C@H](O)[C@H]5O)[C@H]4O)CC[C@]4(C)C(=CC[C@@H]5[C@@]6(C)CC[C@H](O[C@@H]7O[C@H](CO[C@@H]8O[C@H](C)[C@H](O)[C@H](O)[C@H]8O[C@@H]8OC[C@@H](O)[C@H](O)[C@H]8O)[C@@H](O)[C@H](O)[C@H]7O)C(C)(C)[C@@H]6CC[C@]54C)[C@@H]3CC2(C)C)O[C@@H]1C. The van der Waals surface area contributed by atoms with Gasteiger partial charge >= 0.3 is 17.9 Å². The van der Waals surface area contributed by atoms with Crippen LogP contribution in [-0.4, -0.2) is 420 Å². The van der Waals surface area contributed by atoms with Crippen molar-refractivity contribution in [3.8, 4) is 0 Å². The second-order valence-corrected chi connectivity index (χ2v) is 43.7. The molecule has 22 N–H and O–H groups in total. The number of hydrogen-bond donors (Lipinski definition) is 22. The Bertz CT molecular complexity index is 4200. The van der Waals surface area contributed by atoms with Gasteiger partial charge < -0.3 is 198 Å². The molecule has 0 aromatic carbocycles. The van der Waals surface area contributed by atoms with Gasteiger partial charge in [-0.3, -0.25) is 9.59 Å². The van der Waals surface area contributed by atoms with E-state index in [2.05, 4.69) is 53.9 Å². The van der Waals surface area contributed by atoms with Crippen molar-refractivity contribution in [2.45, 2.75) is 444 Å². The third-order valence-corrected chi connectivity index (χ3v) is 33.7. The van der Waals surface area contributed by atoms with E-state index in [1.807, 2.05) is 13.8 Å². The minimum absolute atomic E-state index is 0.0468. The predicted molar refractivity (Wildman–Crippen MR) is 474 cm³/mol. The summed E-state index contributed by atoms with van der Waals surface area (Å²) >= 11 is 0. The second kappa shape index (κ2) is 44.0. The van der Waals surface area contributed by atoms with Crippen molar-refractivity contribution in [1.29, 1.82) is 0 Å². The third kappa shape index (κ3) is 21.9. The van der Waals surface area contributed by atoms with Crippen LogP contribution in [0.2, 0.25) is 0 Å². The highest BCUT2D eigenvalue weighted by Crippen LogP contribution is 2.76. The Kier molecular flexibility index (Phi) is 35.5. The van der Waals surface area contributed by atoms with Crippen molar-refractivity contribution >= 4 is 17.9 Å². The number of aliphatic hydroxyl groups is 22. The molecule has 1 unspecified atom stereocenters. The molecule has 8 saturated heterocycles. The molecule has 0 aromatic rings. The normalized spacial score (nSPS) is 48.8. The van der Waals surface area contributed by atoms with Crippen LogP contribution in [0.4, 0.5) is 0 Å². The highest BCUT2D eigenvalue weighted by Gasteiger charge is 2.72. The first kappa shape index (κ1) is 112. The van der Waals surface area contributed by atoms with Crippen LogP contribution in [0.25, 0.3) is 0 Å². The molecule has 4 saturated carbocycles. The largest absolute Gasteiger partial charge is 0.462 e. The number of carbonyl (C=O) groups is 3. The Morgan fingerprint density at radius 2 is 1.01 bits per heavy atom. The van der Waals surface area contributed by atoms with Crippen LogP contribution >= 0.6 is 0 Å². The van der Waals surface area contributed by atoms with E-state index in [0.29, 0.717) is 44.9 Å². The van der Waals surface area contributed by atoms with E-state index in [9.17, 15) is 117 Å². The molecule has 13 rings (SSSR count). The zero-order valence-electron chi connectivity index (χ0n) is 81.5. The summed E-state index contributed by atoms with van der Waals surface area (Å²) in [6.07, 6.45) is -55.7. The predicted octanol–water partition coefficient (Wildman–Crippen LogP) is -2.90. The Labute approximate surface area is 808 Å². The van der Waals surface area contributed by atoms with Gasteiger partial charge in [-0.1, -0.05) is 85.3 Å². The molecule has 0 bridgehead atoms. The molecule has 0 radical (unpaired) electrons. The minimum atomic E-state index is -2.22. The summed E-state index contributed by atoms with van der Waals surface area (Å²) in [4.78, 5) is 45.1. The lowest BCUT2D eigenvalue weighted by atomic mass is 9.33. The summed E-state index contributed by atoms with van der Waals surface area (Å²) in [5.41, 5.74) is -6.27. The quantitative estimate of drug-likeness (QED) is 0.0103. The number of esters is 3. The summed E-state index contributed by atoms with van der Waals surface area (Å²) in [5, 5.41) is 244. The van der Waals surface area contributed by atoms with E-state index < -0.39 is 352 Å². The van der Waals surface area contributed by atoms with Gasteiger partial charge in [-0.2, -0.15) is 0 Å². The van der Waals surface area contributed by atoms with Crippen LogP contribution in [0, 0.1) is 56.2 Å². The highest BCUT2D eigenvalue weighted by atomic mass is 16.8. The maximum atomic E-state index is 16.8. The van der Waals surface area contributed by atoms with Crippen LogP contribution in [-0.2, 0) is 99.6 Å². The third-order valence-electron chi connectivity index (χ3n) is 33.7. The molecule has 0 spiro atoms. The molecule has 5 aliphatic carbocycles. The van der Waals surface area contributed by atoms with Crippen molar-refractivity contribution in [3.05, 3.63) is 48.6 Å². The van der Waals surface area contributed by atoms with E-state index in [0.717, 1.165) is 5.57 Å². The lowest BCUT2D eigenvalue weighted by Crippen LogP contribution is -2.68. The smallest absolute Gasteiger partial charge is 0.333 e. The van der Waals surface area contributed by atoms with E-state index >= 15 is 9.59 Å². The molecule has 13 aliphatic rings. The lowest BCUT2D eigenvalue weighted by molar-refractivity contribution is -0.390. The molecule has 8 aliphatic heterocycles. The van der Waals surface area contributed by atoms with Gasteiger partial charge in [0, 0.05) is 17.4 Å². The van der Waals surface area contributed by atoms with Gasteiger partial charge in [0.2, 0.25) is 6.29 Å². The van der Waals surface area contributed by atoms with Crippen molar-refractivity contribution < 1.29 is 212 Å². The fourth-order valence-corrected chi connectivity index (χ4v) is 24.3. The summed E-state index contributed by atoms with van der Waals surface area (Å²) in [6.45, 7) is 29.6. The monoisotopic (exact) mass is 1990 g/mol. The molecule has 139 heavy (non-hydrogen) atoms. The van der Waals surface area contributed by atoms with Gasteiger partial charge in [-0.05, 0) is 164 Å². The summed E-state index contributed by atoms with van der Waals surface area (Å²) in [5.74, 6) is -4.02. The van der Waals surface area contributed by atoms with E-state index in [4.69, 9.17) is 85.3 Å². The number of fused-ring (bicyclic) bond motifs is 7. The molecule has 12 fully saturated rings. The molecule has 796 valence electrons. The second-order valence-electron chi connectivity index (χ2n) is 43.7. The molecule has 43 heteroatoms. The Hall–Kier alpha value is -4.11. The number of ether oxygens (including phenoxy) is 18. The van der Waals surface area contributed by atoms with Gasteiger partial charge in [0.05, 0.1) is 80.0 Å². The van der Waals surface area contributed by atoms with Gasteiger partial charge in [0.25, 0.3) is 0 Å². The van der Waals surface area contributed by atoms with Crippen LogP contribution in [0.3, 0.4) is 0 Å². The molecule has 0 amide bonds. The van der Waals surface area contributed by atoms with Crippen LogP contribution in [0.1, 0.15) is 187 Å². The summed E-state index contributed by atoms with van der Waals surface area (Å²) in [6, 6.07) is 0. The molecule has 43 nitrogen and oxygen atoms in total. The van der Waals surface area contributed by atoms with Crippen molar-refractivity contribution in [2.24, 2.45) is 56.2 Å². The number of rotatable bonds is 33. The fourth-order valence-electron chi connectivity index (χ4n) is 24.3.